The predicted molar refractivity (Wildman–Crippen MR) is 271 cm³/mol. The molecule has 6 heteroatoms. The Morgan fingerprint density at radius 1 is 0.615 bits per heavy atom. The molecule has 5 aromatic carbocycles. The molecular formula is C59H67N4OPt-3. The monoisotopic (exact) mass is 1040 g/mol. The number of fused-ring (bicyclic) bond motifs is 3. The summed E-state index contributed by atoms with van der Waals surface area (Å²) in [4.78, 5) is 9.45. The summed E-state index contributed by atoms with van der Waals surface area (Å²) in [5, 5.41) is 2.25. The SMILES string of the molecule is CC(C)c1cc(C(C)C)c(-c2cccc(N3[CH-]N(c4[c-]c(Oc5[c-]c6c(cc5)c5ccccc5n6-c5cc(C(C)(C)C)ccn5)cc(C(C)(C)C)c4)C=C3C(C)(C)C)c2)c(C(C)C)c1.[Pt]. The van der Waals surface area contributed by atoms with Crippen molar-refractivity contribution >= 4 is 33.2 Å². The van der Waals surface area contributed by atoms with E-state index in [-0.39, 0.29) is 37.3 Å². The van der Waals surface area contributed by atoms with Gasteiger partial charge in [0.1, 0.15) is 5.82 Å². The molecule has 0 saturated carbocycles. The second-order valence-electron chi connectivity index (χ2n) is 21.8. The van der Waals surface area contributed by atoms with Gasteiger partial charge < -0.3 is 19.1 Å². The Hall–Kier alpha value is -5.12. The third kappa shape index (κ3) is 9.60. The Labute approximate surface area is 404 Å². The third-order valence-corrected chi connectivity index (χ3v) is 12.7. The number of pyridine rings is 1. The van der Waals surface area contributed by atoms with Gasteiger partial charge in [0.25, 0.3) is 0 Å². The zero-order chi connectivity index (χ0) is 46.0. The van der Waals surface area contributed by atoms with Crippen LogP contribution in [-0.4, -0.2) is 9.55 Å². The topological polar surface area (TPSA) is 33.5 Å². The van der Waals surface area contributed by atoms with Gasteiger partial charge in [-0.1, -0.05) is 152 Å². The first kappa shape index (κ1) is 47.8. The maximum atomic E-state index is 6.82. The number of anilines is 2. The molecule has 1 aliphatic heterocycles. The first-order chi connectivity index (χ1) is 30.1. The van der Waals surface area contributed by atoms with Gasteiger partial charge in [-0.2, -0.15) is 6.07 Å². The van der Waals surface area contributed by atoms with Crippen molar-refractivity contribution in [3.63, 3.8) is 0 Å². The molecule has 7 aromatic rings. The van der Waals surface area contributed by atoms with E-state index >= 15 is 0 Å². The van der Waals surface area contributed by atoms with E-state index < -0.39 is 0 Å². The number of nitrogens with zero attached hydrogens (tertiary/aromatic N) is 4. The van der Waals surface area contributed by atoms with E-state index in [0.717, 1.165) is 44.6 Å². The van der Waals surface area contributed by atoms with Crippen molar-refractivity contribution in [2.75, 3.05) is 9.80 Å². The summed E-state index contributed by atoms with van der Waals surface area (Å²) in [6, 6.07) is 42.7. The van der Waals surface area contributed by atoms with Crippen LogP contribution >= 0.6 is 0 Å². The van der Waals surface area contributed by atoms with Gasteiger partial charge in [0.05, 0.1) is 0 Å². The molecule has 0 spiro atoms. The van der Waals surface area contributed by atoms with Gasteiger partial charge in [-0.25, -0.2) is 4.98 Å². The first-order valence-corrected chi connectivity index (χ1v) is 23.2. The molecule has 1 aliphatic rings. The zero-order valence-corrected chi connectivity index (χ0v) is 43.5. The van der Waals surface area contributed by atoms with E-state index in [9.17, 15) is 0 Å². The zero-order valence-electron chi connectivity index (χ0n) is 41.2. The molecule has 0 N–H and O–H groups in total. The van der Waals surface area contributed by atoms with Crippen LogP contribution < -0.4 is 14.5 Å². The largest absolute Gasteiger partial charge is 0.509 e. The fourth-order valence-electron chi connectivity index (χ4n) is 8.86. The van der Waals surface area contributed by atoms with E-state index in [0.29, 0.717) is 29.3 Å². The van der Waals surface area contributed by atoms with Crippen LogP contribution in [0.25, 0.3) is 38.8 Å². The molecule has 0 saturated heterocycles. The molecule has 2 aromatic heterocycles. The number of hydrogen-bond acceptors (Lipinski definition) is 4. The quantitative estimate of drug-likeness (QED) is 0.135. The van der Waals surface area contributed by atoms with Crippen molar-refractivity contribution in [2.45, 2.75) is 132 Å². The second kappa shape index (κ2) is 17.9. The van der Waals surface area contributed by atoms with Gasteiger partial charge in [-0.05, 0) is 104 Å². The van der Waals surface area contributed by atoms with Crippen LogP contribution in [0, 0.1) is 24.2 Å². The number of hydrogen-bond donors (Lipinski definition) is 0. The van der Waals surface area contributed by atoms with Crippen LogP contribution in [0.15, 0.2) is 115 Å². The summed E-state index contributed by atoms with van der Waals surface area (Å²) in [6.45, 7) is 36.4. The van der Waals surface area contributed by atoms with Gasteiger partial charge in [-0.3, -0.25) is 0 Å². The summed E-state index contributed by atoms with van der Waals surface area (Å²) < 4.78 is 9.03. The molecule has 0 radical (unpaired) electrons. The number of rotatable bonds is 9. The van der Waals surface area contributed by atoms with E-state index in [2.05, 4.69) is 234 Å². The number of para-hydroxylation sites is 1. The van der Waals surface area contributed by atoms with Crippen LogP contribution in [0.1, 0.15) is 149 Å². The fourth-order valence-corrected chi connectivity index (χ4v) is 8.86. The van der Waals surface area contributed by atoms with Gasteiger partial charge >= 0.3 is 0 Å². The Bertz CT molecular complexity index is 2860. The summed E-state index contributed by atoms with van der Waals surface area (Å²) in [5.74, 6) is 3.37. The average molecular weight is 1040 g/mol. The number of ether oxygens (including phenoxy) is 1. The number of aromatic nitrogens is 2. The summed E-state index contributed by atoms with van der Waals surface area (Å²) in [5.41, 5.74) is 14.1. The van der Waals surface area contributed by atoms with E-state index in [1.54, 1.807) is 0 Å². The molecule has 65 heavy (non-hydrogen) atoms. The van der Waals surface area contributed by atoms with Crippen molar-refractivity contribution in [3.8, 4) is 28.4 Å². The summed E-state index contributed by atoms with van der Waals surface area (Å²) >= 11 is 0. The molecule has 0 aliphatic carbocycles. The third-order valence-electron chi connectivity index (χ3n) is 12.7. The van der Waals surface area contributed by atoms with Crippen LogP contribution in [0.3, 0.4) is 0 Å². The number of allylic oxidation sites excluding steroid dienone is 1. The standard InChI is InChI=1S/C59H67N4O.Pt/c1-37(2)41-28-50(38(3)4)56(51(29-41)39(5)6)40-19-18-20-44(27-40)62-36-61(35-54(62)59(13,14)15)45-30-43(58(10,11)12)31-47(33-45)64-46-23-24-49-48-21-16-17-22-52(48)63(53(49)34-46)55-32-42(25-26-60-55)57(7,8)9;/h16-32,35-39H,1-15H3;/q-3;. The van der Waals surface area contributed by atoms with Crippen LogP contribution in [0.2, 0.25) is 0 Å². The van der Waals surface area contributed by atoms with Gasteiger partial charge in [0, 0.05) is 61.1 Å². The molecule has 3 heterocycles. The van der Waals surface area contributed by atoms with Gasteiger partial charge in [0.2, 0.25) is 0 Å². The maximum Gasteiger partial charge on any atom is 0.135 e. The van der Waals surface area contributed by atoms with Crippen molar-refractivity contribution in [1.82, 2.24) is 9.55 Å². The average Bonchev–Trinajstić information content (AvgIpc) is 3.83. The van der Waals surface area contributed by atoms with Crippen LogP contribution in [-0.2, 0) is 31.9 Å². The molecule has 342 valence electrons. The minimum atomic E-state index is -0.155. The Morgan fingerprint density at radius 2 is 1.29 bits per heavy atom. The molecule has 5 nitrogen and oxygen atoms in total. The smallest absolute Gasteiger partial charge is 0.135 e. The summed E-state index contributed by atoms with van der Waals surface area (Å²) in [6.07, 6.45) is 4.18. The van der Waals surface area contributed by atoms with Gasteiger partial charge in [0.15, 0.2) is 0 Å². The Morgan fingerprint density at radius 3 is 1.92 bits per heavy atom. The van der Waals surface area contributed by atoms with E-state index in [1.807, 2.05) is 12.3 Å². The predicted octanol–water partition coefficient (Wildman–Crippen LogP) is 16.5. The van der Waals surface area contributed by atoms with Gasteiger partial charge in [-0.15, -0.1) is 53.6 Å². The Kier molecular flexibility index (Phi) is 13.2. The molecule has 0 bridgehead atoms. The maximum absolute atomic E-state index is 6.82. The van der Waals surface area contributed by atoms with Crippen molar-refractivity contribution in [2.24, 2.45) is 5.41 Å². The van der Waals surface area contributed by atoms with Crippen LogP contribution in [0.4, 0.5) is 11.4 Å². The molecule has 0 fully saturated rings. The van der Waals surface area contributed by atoms with Crippen molar-refractivity contribution in [3.05, 3.63) is 162 Å². The minimum Gasteiger partial charge on any atom is -0.509 e. The fraction of sp³-hybridized carbons (Fsp3) is 0.356. The second-order valence-corrected chi connectivity index (χ2v) is 21.8. The Balaban J connectivity index is 0.00000630. The van der Waals surface area contributed by atoms with Crippen molar-refractivity contribution < 1.29 is 25.8 Å². The minimum absolute atomic E-state index is 0. The summed E-state index contributed by atoms with van der Waals surface area (Å²) in [7, 11) is 0. The molecule has 0 amide bonds. The number of benzene rings is 5. The molecule has 0 unspecified atom stereocenters. The molecule has 0 atom stereocenters. The van der Waals surface area contributed by atoms with Crippen molar-refractivity contribution in [1.29, 1.82) is 0 Å². The van der Waals surface area contributed by atoms with E-state index in [1.165, 1.54) is 39.1 Å². The molecule has 8 rings (SSSR count). The normalized spacial score (nSPS) is 13.7. The van der Waals surface area contributed by atoms with Crippen LogP contribution in [0.5, 0.6) is 11.5 Å². The first-order valence-electron chi connectivity index (χ1n) is 23.2. The van der Waals surface area contributed by atoms with E-state index in [4.69, 9.17) is 9.72 Å². The molecular weight excluding hydrogens is 976 g/mol.